The number of hydrogen-bond donors (Lipinski definition) is 0. The lowest BCUT2D eigenvalue weighted by Gasteiger charge is -2.23. The summed E-state index contributed by atoms with van der Waals surface area (Å²) in [5.41, 5.74) is 1.51. The summed E-state index contributed by atoms with van der Waals surface area (Å²) in [6.45, 7) is 0.538. The van der Waals surface area contributed by atoms with Crippen molar-refractivity contribution in [3.8, 4) is 0 Å². The molecule has 0 atom stereocenters. The van der Waals surface area contributed by atoms with Gasteiger partial charge in [0.2, 0.25) is 5.91 Å². The van der Waals surface area contributed by atoms with Gasteiger partial charge in [-0.1, -0.05) is 30.3 Å². The van der Waals surface area contributed by atoms with Gasteiger partial charge in [0.05, 0.1) is 0 Å². The molecule has 5 heteroatoms. The van der Waals surface area contributed by atoms with E-state index in [1.807, 2.05) is 30.3 Å². The molecule has 19 heavy (non-hydrogen) atoms. The van der Waals surface area contributed by atoms with Gasteiger partial charge in [0.25, 0.3) is 5.91 Å². The van der Waals surface area contributed by atoms with Crippen molar-refractivity contribution in [2.24, 2.45) is 5.10 Å². The Balaban J connectivity index is 2.04. The van der Waals surface area contributed by atoms with Crippen molar-refractivity contribution in [3.05, 3.63) is 35.9 Å². The zero-order valence-electron chi connectivity index (χ0n) is 11.2. The van der Waals surface area contributed by atoms with E-state index in [9.17, 15) is 9.59 Å². The lowest BCUT2D eigenvalue weighted by Crippen LogP contribution is -2.38. The highest BCUT2D eigenvalue weighted by molar-refractivity contribution is 6.39. The summed E-state index contributed by atoms with van der Waals surface area (Å²) in [6.07, 6.45) is 0.765. The average Bonchev–Trinajstić information content (AvgIpc) is 2.42. The van der Waals surface area contributed by atoms with Gasteiger partial charge in [0.1, 0.15) is 5.71 Å². The molecule has 0 fully saturated rings. The van der Waals surface area contributed by atoms with Crippen LogP contribution in [0.3, 0.4) is 0 Å². The summed E-state index contributed by atoms with van der Waals surface area (Å²) in [5.74, 6) is -0.175. The van der Waals surface area contributed by atoms with E-state index < -0.39 is 0 Å². The van der Waals surface area contributed by atoms with Crippen LogP contribution in [0.5, 0.6) is 0 Å². The maximum absolute atomic E-state index is 12.2. The molecule has 0 aromatic heterocycles. The smallest absolute Gasteiger partial charge is 0.270 e. The standard InChI is InChI=1S/C14H17N3O2/c1-16(10-11-6-4-3-5-7-11)14(19)12-8-9-13(18)17(2)15-12/h3-7H,8-10H2,1-2H3. The Morgan fingerprint density at radius 1 is 1.32 bits per heavy atom. The second kappa shape index (κ2) is 5.65. The molecule has 0 bridgehead atoms. The molecule has 1 aromatic carbocycles. The van der Waals surface area contributed by atoms with Gasteiger partial charge < -0.3 is 4.90 Å². The van der Waals surface area contributed by atoms with Gasteiger partial charge in [0, 0.05) is 33.5 Å². The molecule has 0 aliphatic carbocycles. The minimum Gasteiger partial charge on any atom is -0.336 e. The Kier molecular flexibility index (Phi) is 3.94. The van der Waals surface area contributed by atoms with Crippen LogP contribution < -0.4 is 0 Å². The minimum atomic E-state index is -0.122. The highest BCUT2D eigenvalue weighted by Gasteiger charge is 2.24. The summed E-state index contributed by atoms with van der Waals surface area (Å²) >= 11 is 0. The first-order valence-corrected chi connectivity index (χ1v) is 6.21. The number of hydrogen-bond acceptors (Lipinski definition) is 3. The normalized spacial score (nSPS) is 15.2. The molecule has 100 valence electrons. The molecule has 0 spiro atoms. The van der Waals surface area contributed by atoms with E-state index in [1.165, 1.54) is 5.01 Å². The first-order valence-electron chi connectivity index (χ1n) is 6.21. The van der Waals surface area contributed by atoms with E-state index in [4.69, 9.17) is 0 Å². The van der Waals surface area contributed by atoms with Crippen LogP contribution in [-0.4, -0.2) is 41.5 Å². The van der Waals surface area contributed by atoms with E-state index in [-0.39, 0.29) is 11.8 Å². The SMILES string of the molecule is CN(Cc1ccccc1)C(=O)C1=NN(C)C(=O)CC1. The molecule has 1 heterocycles. The van der Waals surface area contributed by atoms with Crippen molar-refractivity contribution >= 4 is 17.5 Å². The Hall–Kier alpha value is -2.17. The third kappa shape index (κ3) is 3.19. The predicted octanol–water partition coefficient (Wildman–Crippen LogP) is 1.25. The molecule has 0 saturated heterocycles. The molecule has 0 unspecified atom stereocenters. The lowest BCUT2D eigenvalue weighted by molar-refractivity contribution is -0.130. The fourth-order valence-electron chi connectivity index (χ4n) is 1.97. The summed E-state index contributed by atoms with van der Waals surface area (Å²) < 4.78 is 0. The third-order valence-electron chi connectivity index (χ3n) is 3.06. The summed E-state index contributed by atoms with van der Waals surface area (Å²) in [5, 5.41) is 5.28. The lowest BCUT2D eigenvalue weighted by atomic mass is 10.1. The first kappa shape index (κ1) is 13.3. The molecule has 1 aliphatic rings. The van der Waals surface area contributed by atoms with Gasteiger partial charge in [-0.2, -0.15) is 5.10 Å². The van der Waals surface area contributed by atoms with Crippen LogP contribution >= 0.6 is 0 Å². The minimum absolute atomic E-state index is 0.0535. The van der Waals surface area contributed by atoms with Gasteiger partial charge in [-0.15, -0.1) is 0 Å². The fourth-order valence-corrected chi connectivity index (χ4v) is 1.97. The molecule has 1 aromatic rings. The van der Waals surface area contributed by atoms with Crippen LogP contribution in [0, 0.1) is 0 Å². The summed E-state index contributed by atoms with van der Waals surface area (Å²) in [4.78, 5) is 25.2. The van der Waals surface area contributed by atoms with Crippen molar-refractivity contribution in [1.29, 1.82) is 0 Å². The quantitative estimate of drug-likeness (QED) is 0.820. The van der Waals surface area contributed by atoms with Crippen molar-refractivity contribution in [1.82, 2.24) is 9.91 Å². The van der Waals surface area contributed by atoms with Crippen molar-refractivity contribution in [2.45, 2.75) is 19.4 Å². The molecular formula is C14H17N3O2. The van der Waals surface area contributed by atoms with Crippen LogP contribution in [0.4, 0.5) is 0 Å². The molecule has 1 aliphatic heterocycles. The number of rotatable bonds is 3. The van der Waals surface area contributed by atoms with E-state index in [0.29, 0.717) is 25.1 Å². The highest BCUT2D eigenvalue weighted by atomic mass is 16.2. The number of carbonyl (C=O) groups excluding carboxylic acids is 2. The number of hydrazone groups is 1. The number of benzene rings is 1. The Bertz CT molecular complexity index is 511. The van der Waals surface area contributed by atoms with Gasteiger partial charge in [-0.05, 0) is 5.56 Å². The van der Waals surface area contributed by atoms with E-state index in [0.717, 1.165) is 5.56 Å². The highest BCUT2D eigenvalue weighted by Crippen LogP contribution is 2.10. The molecule has 2 amide bonds. The number of amides is 2. The monoisotopic (exact) mass is 259 g/mol. The summed E-state index contributed by atoms with van der Waals surface area (Å²) in [6, 6.07) is 9.78. The van der Waals surface area contributed by atoms with Crippen LogP contribution in [0.15, 0.2) is 35.4 Å². The molecule has 0 saturated carbocycles. The molecule has 0 N–H and O–H groups in total. The number of nitrogens with zero attached hydrogens (tertiary/aromatic N) is 3. The van der Waals surface area contributed by atoms with Gasteiger partial charge >= 0.3 is 0 Å². The fraction of sp³-hybridized carbons (Fsp3) is 0.357. The number of carbonyl (C=O) groups is 2. The summed E-state index contributed by atoms with van der Waals surface area (Å²) in [7, 11) is 3.32. The second-order valence-electron chi connectivity index (χ2n) is 4.61. The van der Waals surface area contributed by atoms with Gasteiger partial charge in [0.15, 0.2) is 0 Å². The van der Waals surface area contributed by atoms with Crippen LogP contribution in [0.1, 0.15) is 18.4 Å². The molecule has 2 rings (SSSR count). The zero-order chi connectivity index (χ0) is 13.8. The third-order valence-corrected chi connectivity index (χ3v) is 3.06. The first-order chi connectivity index (χ1) is 9.08. The maximum atomic E-state index is 12.2. The van der Waals surface area contributed by atoms with Crippen LogP contribution in [-0.2, 0) is 16.1 Å². The largest absolute Gasteiger partial charge is 0.336 e. The average molecular weight is 259 g/mol. The van der Waals surface area contributed by atoms with E-state index in [1.54, 1.807) is 19.0 Å². The molecule has 5 nitrogen and oxygen atoms in total. The van der Waals surface area contributed by atoms with Gasteiger partial charge in [-0.25, -0.2) is 5.01 Å². The van der Waals surface area contributed by atoms with Crippen molar-refractivity contribution < 1.29 is 9.59 Å². The maximum Gasteiger partial charge on any atom is 0.270 e. The Labute approximate surface area is 112 Å². The van der Waals surface area contributed by atoms with Gasteiger partial charge in [-0.3, -0.25) is 9.59 Å². The van der Waals surface area contributed by atoms with Crippen molar-refractivity contribution in [2.75, 3.05) is 14.1 Å². The predicted molar refractivity (Wildman–Crippen MR) is 72.4 cm³/mol. The molecular weight excluding hydrogens is 242 g/mol. The Morgan fingerprint density at radius 2 is 2.00 bits per heavy atom. The molecule has 0 radical (unpaired) electrons. The van der Waals surface area contributed by atoms with E-state index >= 15 is 0 Å². The topological polar surface area (TPSA) is 53.0 Å². The second-order valence-corrected chi connectivity index (χ2v) is 4.61. The van der Waals surface area contributed by atoms with Crippen LogP contribution in [0.2, 0.25) is 0 Å². The Morgan fingerprint density at radius 3 is 2.63 bits per heavy atom. The van der Waals surface area contributed by atoms with E-state index in [2.05, 4.69) is 5.10 Å². The zero-order valence-corrected chi connectivity index (χ0v) is 11.2. The van der Waals surface area contributed by atoms with Crippen LogP contribution in [0.25, 0.3) is 0 Å². The van der Waals surface area contributed by atoms with Crippen molar-refractivity contribution in [3.63, 3.8) is 0 Å².